The fourth-order valence-corrected chi connectivity index (χ4v) is 2.29. The molecule has 105 valence electrons. The lowest BCUT2D eigenvalue weighted by Gasteiger charge is -2.07. The topological polar surface area (TPSA) is 12.0 Å². The van der Waals surface area contributed by atoms with Gasteiger partial charge in [-0.1, -0.05) is 62.6 Å². The molecule has 0 aliphatic heterocycles. The summed E-state index contributed by atoms with van der Waals surface area (Å²) in [5.41, 5.74) is 3.93. The number of rotatable bonds is 8. The van der Waals surface area contributed by atoms with E-state index in [9.17, 15) is 0 Å². The van der Waals surface area contributed by atoms with Gasteiger partial charge in [0.15, 0.2) is 0 Å². The van der Waals surface area contributed by atoms with Gasteiger partial charge in [0.1, 0.15) is 0 Å². The lowest BCUT2D eigenvalue weighted by Crippen LogP contribution is -1.99. The van der Waals surface area contributed by atoms with Crippen LogP contribution >= 0.6 is 0 Å². The molecular formula is C19H24N. The van der Waals surface area contributed by atoms with Crippen LogP contribution < -0.4 is 5.32 Å². The highest BCUT2D eigenvalue weighted by molar-refractivity contribution is 5.43. The predicted octanol–water partition coefficient (Wildman–Crippen LogP) is 5.22. The standard InChI is InChI=1S/C19H24N/c1-2-3-4-6-9-17-12-14-18(15-13-17)16-20-19-10-7-5-8-11-19/h7-8,10-15,20H,2-4,6,9,16H2,1H3. The maximum atomic E-state index is 3.42. The third kappa shape index (κ3) is 5.08. The minimum atomic E-state index is 0.875. The first kappa shape index (κ1) is 14.6. The molecule has 1 N–H and O–H groups in total. The molecule has 2 aromatic carbocycles. The average Bonchev–Trinajstić information content (AvgIpc) is 2.52. The Labute approximate surface area is 123 Å². The quantitative estimate of drug-likeness (QED) is 0.646. The third-order valence-corrected chi connectivity index (χ3v) is 3.56. The summed E-state index contributed by atoms with van der Waals surface area (Å²) in [6, 6.07) is 20.0. The van der Waals surface area contributed by atoms with Crippen molar-refractivity contribution in [2.45, 2.75) is 45.6 Å². The summed E-state index contributed by atoms with van der Waals surface area (Å²) in [5, 5.41) is 3.42. The van der Waals surface area contributed by atoms with Gasteiger partial charge in [0.25, 0.3) is 0 Å². The summed E-state index contributed by atoms with van der Waals surface area (Å²) in [4.78, 5) is 0. The molecule has 0 unspecified atom stereocenters. The third-order valence-electron chi connectivity index (χ3n) is 3.56. The second-order valence-corrected chi connectivity index (χ2v) is 5.27. The van der Waals surface area contributed by atoms with Crippen LogP contribution in [0.3, 0.4) is 0 Å². The fraction of sp³-hybridized carbons (Fsp3) is 0.368. The van der Waals surface area contributed by atoms with Crippen molar-refractivity contribution < 1.29 is 0 Å². The molecular weight excluding hydrogens is 242 g/mol. The molecule has 1 heteroatoms. The Kier molecular flexibility index (Phi) is 6.16. The molecule has 0 aromatic heterocycles. The van der Waals surface area contributed by atoms with Crippen molar-refractivity contribution in [2.24, 2.45) is 0 Å². The zero-order chi connectivity index (χ0) is 14.0. The van der Waals surface area contributed by atoms with E-state index in [-0.39, 0.29) is 0 Å². The lowest BCUT2D eigenvalue weighted by molar-refractivity contribution is 0.667. The number of benzene rings is 2. The number of nitrogens with one attached hydrogen (secondary N) is 1. The van der Waals surface area contributed by atoms with Gasteiger partial charge in [0.2, 0.25) is 0 Å². The number of unbranched alkanes of at least 4 members (excludes halogenated alkanes) is 3. The molecule has 0 saturated carbocycles. The lowest BCUT2D eigenvalue weighted by atomic mass is 10.0. The number of hydrogen-bond donors (Lipinski definition) is 1. The Balaban J connectivity index is 1.76. The van der Waals surface area contributed by atoms with Crippen LogP contribution in [-0.2, 0) is 13.0 Å². The van der Waals surface area contributed by atoms with E-state index in [1.807, 2.05) is 24.3 Å². The highest BCUT2D eigenvalue weighted by Gasteiger charge is 1.96. The van der Waals surface area contributed by atoms with Crippen LogP contribution in [0.1, 0.15) is 43.7 Å². The largest absolute Gasteiger partial charge is 0.381 e. The predicted molar refractivity (Wildman–Crippen MR) is 86.9 cm³/mol. The van der Waals surface area contributed by atoms with E-state index in [1.165, 1.54) is 43.2 Å². The van der Waals surface area contributed by atoms with Crippen LogP contribution in [0.15, 0.2) is 48.5 Å². The van der Waals surface area contributed by atoms with Crippen LogP contribution in [0.25, 0.3) is 0 Å². The summed E-state index contributed by atoms with van der Waals surface area (Å²) in [6.45, 7) is 3.13. The first-order chi connectivity index (χ1) is 9.88. The van der Waals surface area contributed by atoms with Crippen molar-refractivity contribution in [2.75, 3.05) is 5.32 Å². The minimum Gasteiger partial charge on any atom is -0.381 e. The van der Waals surface area contributed by atoms with Gasteiger partial charge in [0.05, 0.1) is 0 Å². The van der Waals surface area contributed by atoms with E-state index in [2.05, 4.69) is 42.6 Å². The Morgan fingerprint density at radius 3 is 2.25 bits per heavy atom. The van der Waals surface area contributed by atoms with Gasteiger partial charge in [-0.3, -0.25) is 0 Å². The molecule has 0 heterocycles. The monoisotopic (exact) mass is 266 g/mol. The molecule has 20 heavy (non-hydrogen) atoms. The van der Waals surface area contributed by atoms with Crippen molar-refractivity contribution in [3.05, 3.63) is 65.7 Å². The molecule has 1 radical (unpaired) electrons. The Morgan fingerprint density at radius 2 is 1.55 bits per heavy atom. The summed E-state index contributed by atoms with van der Waals surface area (Å²) >= 11 is 0. The van der Waals surface area contributed by atoms with Gasteiger partial charge in [0, 0.05) is 12.2 Å². The second kappa shape index (κ2) is 8.42. The van der Waals surface area contributed by atoms with E-state index in [0.717, 1.165) is 12.2 Å². The van der Waals surface area contributed by atoms with Gasteiger partial charge >= 0.3 is 0 Å². The SMILES string of the molecule is CCCCCCc1ccc(CNc2cc[c]cc2)cc1. The van der Waals surface area contributed by atoms with Crippen LogP contribution in [-0.4, -0.2) is 0 Å². The Morgan fingerprint density at radius 1 is 0.850 bits per heavy atom. The summed E-state index contributed by atoms with van der Waals surface area (Å²) < 4.78 is 0. The van der Waals surface area contributed by atoms with Crippen molar-refractivity contribution in [1.82, 2.24) is 0 Å². The average molecular weight is 266 g/mol. The van der Waals surface area contributed by atoms with Gasteiger partial charge in [-0.15, -0.1) is 0 Å². The highest BCUT2D eigenvalue weighted by Crippen LogP contribution is 2.12. The van der Waals surface area contributed by atoms with E-state index < -0.39 is 0 Å². The number of aryl methyl sites for hydroxylation is 1. The van der Waals surface area contributed by atoms with E-state index in [1.54, 1.807) is 0 Å². The Hall–Kier alpha value is -1.76. The van der Waals surface area contributed by atoms with Crippen LogP contribution in [0.2, 0.25) is 0 Å². The van der Waals surface area contributed by atoms with Crippen molar-refractivity contribution in [1.29, 1.82) is 0 Å². The van der Waals surface area contributed by atoms with E-state index in [4.69, 9.17) is 0 Å². The normalized spacial score (nSPS) is 10.4. The van der Waals surface area contributed by atoms with Gasteiger partial charge in [-0.25, -0.2) is 0 Å². The molecule has 0 aliphatic carbocycles. The van der Waals surface area contributed by atoms with Gasteiger partial charge in [-0.05, 0) is 42.2 Å². The zero-order valence-corrected chi connectivity index (χ0v) is 12.4. The Bertz CT molecular complexity index is 473. The highest BCUT2D eigenvalue weighted by atomic mass is 14.9. The molecule has 0 aliphatic rings. The summed E-state index contributed by atoms with van der Waals surface area (Å²) in [5.74, 6) is 0. The van der Waals surface area contributed by atoms with Crippen LogP contribution in [0, 0.1) is 6.07 Å². The molecule has 0 atom stereocenters. The zero-order valence-electron chi connectivity index (χ0n) is 12.4. The molecule has 2 aromatic rings. The number of hydrogen-bond acceptors (Lipinski definition) is 1. The second-order valence-electron chi connectivity index (χ2n) is 5.27. The maximum Gasteiger partial charge on any atom is 0.0400 e. The molecule has 2 rings (SSSR count). The van der Waals surface area contributed by atoms with E-state index >= 15 is 0 Å². The van der Waals surface area contributed by atoms with Crippen molar-refractivity contribution >= 4 is 5.69 Å². The summed E-state index contributed by atoms with van der Waals surface area (Å²) in [6.07, 6.45) is 6.54. The molecule has 0 fully saturated rings. The molecule has 0 bridgehead atoms. The molecule has 0 amide bonds. The number of anilines is 1. The molecule has 1 nitrogen and oxygen atoms in total. The van der Waals surface area contributed by atoms with Crippen molar-refractivity contribution in [3.63, 3.8) is 0 Å². The molecule has 0 spiro atoms. The first-order valence-electron chi connectivity index (χ1n) is 7.66. The minimum absolute atomic E-state index is 0.875. The van der Waals surface area contributed by atoms with Crippen LogP contribution in [0.5, 0.6) is 0 Å². The maximum absolute atomic E-state index is 3.42. The molecule has 0 saturated heterocycles. The smallest absolute Gasteiger partial charge is 0.0400 e. The van der Waals surface area contributed by atoms with E-state index in [0.29, 0.717) is 0 Å². The summed E-state index contributed by atoms with van der Waals surface area (Å²) in [7, 11) is 0. The first-order valence-corrected chi connectivity index (χ1v) is 7.66. The van der Waals surface area contributed by atoms with Crippen LogP contribution in [0.4, 0.5) is 5.69 Å². The fourth-order valence-electron chi connectivity index (χ4n) is 2.29. The van der Waals surface area contributed by atoms with Gasteiger partial charge < -0.3 is 5.32 Å². The van der Waals surface area contributed by atoms with Gasteiger partial charge in [-0.2, -0.15) is 0 Å². The van der Waals surface area contributed by atoms with Crippen molar-refractivity contribution in [3.8, 4) is 0 Å².